The van der Waals surface area contributed by atoms with E-state index >= 15 is 0 Å². The minimum absolute atomic E-state index is 0.0482. The quantitative estimate of drug-likeness (QED) is 0.849. The van der Waals surface area contributed by atoms with Crippen LogP contribution in [0.1, 0.15) is 5.56 Å². The lowest BCUT2D eigenvalue weighted by Gasteiger charge is -2.10. The second kappa shape index (κ2) is 5.58. The molecule has 90 valence electrons. The van der Waals surface area contributed by atoms with Gasteiger partial charge in [-0.05, 0) is 40.5 Å². The molecular formula is C9H10BrCl2NO2S. The number of hydrogen-bond donors (Lipinski definition) is 1. The predicted molar refractivity (Wildman–Crippen MR) is 72.0 cm³/mol. The molecule has 0 spiro atoms. The zero-order valence-corrected chi connectivity index (χ0v) is 12.3. The van der Waals surface area contributed by atoms with E-state index in [-0.39, 0.29) is 11.6 Å². The van der Waals surface area contributed by atoms with Crippen molar-refractivity contribution in [2.24, 2.45) is 0 Å². The molecule has 0 heterocycles. The van der Waals surface area contributed by atoms with Crippen LogP contribution in [0, 0.1) is 6.92 Å². The van der Waals surface area contributed by atoms with Crippen LogP contribution in [0.3, 0.4) is 0 Å². The van der Waals surface area contributed by atoms with Crippen molar-refractivity contribution in [1.82, 2.24) is 0 Å². The maximum absolute atomic E-state index is 11.5. The highest BCUT2D eigenvalue weighted by Crippen LogP contribution is 2.29. The van der Waals surface area contributed by atoms with Gasteiger partial charge in [0.25, 0.3) is 0 Å². The van der Waals surface area contributed by atoms with E-state index in [2.05, 4.69) is 20.7 Å². The second-order valence-corrected chi connectivity index (χ2v) is 6.67. The van der Waals surface area contributed by atoms with Gasteiger partial charge in [-0.3, -0.25) is 4.72 Å². The summed E-state index contributed by atoms with van der Waals surface area (Å²) in [7, 11) is -3.41. The Morgan fingerprint density at radius 3 is 2.62 bits per heavy atom. The van der Waals surface area contributed by atoms with Gasteiger partial charge in [0.15, 0.2) is 0 Å². The first-order valence-corrected chi connectivity index (χ1v) is 7.73. The van der Waals surface area contributed by atoms with Crippen molar-refractivity contribution < 1.29 is 8.42 Å². The fourth-order valence-electron chi connectivity index (χ4n) is 1.04. The highest BCUT2D eigenvalue weighted by molar-refractivity contribution is 9.10. The Balaban J connectivity index is 3.03. The highest BCUT2D eigenvalue weighted by atomic mass is 79.9. The first-order valence-electron chi connectivity index (χ1n) is 4.38. The van der Waals surface area contributed by atoms with Crippen LogP contribution < -0.4 is 4.72 Å². The molecule has 0 saturated carbocycles. The molecule has 0 fully saturated rings. The Morgan fingerprint density at radius 2 is 2.06 bits per heavy atom. The van der Waals surface area contributed by atoms with E-state index in [4.69, 9.17) is 23.2 Å². The van der Waals surface area contributed by atoms with Crippen molar-refractivity contribution in [2.75, 3.05) is 16.4 Å². The average Bonchev–Trinajstić information content (AvgIpc) is 2.13. The summed E-state index contributed by atoms with van der Waals surface area (Å²) in [6, 6.07) is 3.31. The molecule has 0 saturated heterocycles. The van der Waals surface area contributed by atoms with Crippen LogP contribution in [0.5, 0.6) is 0 Å². The lowest BCUT2D eigenvalue weighted by atomic mass is 10.2. The van der Waals surface area contributed by atoms with E-state index in [1.807, 2.05) is 6.92 Å². The number of rotatable bonds is 4. The van der Waals surface area contributed by atoms with E-state index in [0.717, 1.165) is 5.56 Å². The van der Waals surface area contributed by atoms with Gasteiger partial charge < -0.3 is 0 Å². The Labute approximate surface area is 113 Å². The molecule has 0 atom stereocenters. The van der Waals surface area contributed by atoms with Crippen molar-refractivity contribution in [3.05, 3.63) is 27.2 Å². The second-order valence-electron chi connectivity index (χ2n) is 3.19. The maximum atomic E-state index is 11.5. The summed E-state index contributed by atoms with van der Waals surface area (Å²) in [5.74, 6) is -0.0843. The molecule has 7 heteroatoms. The number of nitrogens with one attached hydrogen (secondary N) is 1. The van der Waals surface area contributed by atoms with Crippen LogP contribution in [0.4, 0.5) is 5.69 Å². The number of anilines is 1. The first-order chi connectivity index (χ1) is 7.35. The van der Waals surface area contributed by atoms with Crippen LogP contribution in [0.25, 0.3) is 0 Å². The SMILES string of the molecule is Cc1cc(Br)c(NS(=O)(=O)CCCl)cc1Cl. The largest absolute Gasteiger partial charge is 0.282 e. The number of hydrogen-bond acceptors (Lipinski definition) is 2. The fraction of sp³-hybridized carbons (Fsp3) is 0.333. The van der Waals surface area contributed by atoms with Gasteiger partial charge in [-0.2, -0.15) is 0 Å². The average molecular weight is 347 g/mol. The van der Waals surface area contributed by atoms with Crippen LogP contribution >= 0.6 is 39.1 Å². The molecule has 1 aromatic rings. The summed E-state index contributed by atoms with van der Waals surface area (Å²) in [6.07, 6.45) is 0. The molecule has 0 aliphatic rings. The maximum Gasteiger partial charge on any atom is 0.233 e. The highest BCUT2D eigenvalue weighted by Gasteiger charge is 2.12. The fourth-order valence-corrected chi connectivity index (χ4v) is 3.32. The van der Waals surface area contributed by atoms with Gasteiger partial charge in [0.2, 0.25) is 10.0 Å². The summed E-state index contributed by atoms with van der Waals surface area (Å²) >= 11 is 14.6. The molecule has 1 N–H and O–H groups in total. The number of benzene rings is 1. The monoisotopic (exact) mass is 345 g/mol. The van der Waals surface area contributed by atoms with Crippen LogP contribution in [0.15, 0.2) is 16.6 Å². The Bertz CT molecular complexity index is 491. The Kier molecular flexibility index (Phi) is 4.91. The zero-order valence-electron chi connectivity index (χ0n) is 8.43. The number of aryl methyl sites for hydroxylation is 1. The summed E-state index contributed by atoms with van der Waals surface area (Å²) in [5, 5.41) is 0.506. The standard InChI is InChI=1S/C9H10BrCl2NO2S/c1-6-4-7(10)9(5-8(6)12)13-16(14,15)3-2-11/h4-5,13H,2-3H2,1H3. The molecule has 0 aliphatic heterocycles. The third-order valence-electron chi connectivity index (χ3n) is 1.86. The molecule has 0 radical (unpaired) electrons. The van der Waals surface area contributed by atoms with Crippen molar-refractivity contribution in [3.8, 4) is 0 Å². The number of halogens is 3. The van der Waals surface area contributed by atoms with E-state index in [0.29, 0.717) is 15.2 Å². The topological polar surface area (TPSA) is 46.2 Å². The number of sulfonamides is 1. The van der Waals surface area contributed by atoms with E-state index in [9.17, 15) is 8.42 Å². The van der Waals surface area contributed by atoms with Crippen LogP contribution in [-0.2, 0) is 10.0 Å². The van der Waals surface area contributed by atoms with E-state index in [1.165, 1.54) is 0 Å². The van der Waals surface area contributed by atoms with Crippen molar-refractivity contribution in [1.29, 1.82) is 0 Å². The van der Waals surface area contributed by atoms with Gasteiger partial charge in [0, 0.05) is 15.4 Å². The van der Waals surface area contributed by atoms with Gasteiger partial charge >= 0.3 is 0 Å². The molecule has 0 aromatic heterocycles. The van der Waals surface area contributed by atoms with Crippen LogP contribution in [0.2, 0.25) is 5.02 Å². The smallest absolute Gasteiger partial charge is 0.233 e. The number of alkyl halides is 1. The lowest BCUT2D eigenvalue weighted by Crippen LogP contribution is -2.17. The zero-order chi connectivity index (χ0) is 12.3. The van der Waals surface area contributed by atoms with E-state index < -0.39 is 10.0 Å². The van der Waals surface area contributed by atoms with Gasteiger partial charge in [-0.15, -0.1) is 11.6 Å². The Hall–Kier alpha value is 0.0300. The first kappa shape index (κ1) is 14.1. The molecule has 0 unspecified atom stereocenters. The van der Waals surface area contributed by atoms with Crippen molar-refractivity contribution in [3.63, 3.8) is 0 Å². The van der Waals surface area contributed by atoms with Crippen molar-refractivity contribution >= 4 is 54.8 Å². The summed E-state index contributed by atoms with van der Waals surface area (Å²) in [5.41, 5.74) is 1.29. The summed E-state index contributed by atoms with van der Waals surface area (Å²) < 4.78 is 26.0. The summed E-state index contributed by atoms with van der Waals surface area (Å²) in [4.78, 5) is 0. The van der Waals surface area contributed by atoms with E-state index in [1.54, 1.807) is 12.1 Å². The molecular weight excluding hydrogens is 337 g/mol. The van der Waals surface area contributed by atoms with Crippen molar-refractivity contribution in [2.45, 2.75) is 6.92 Å². The minimum atomic E-state index is -3.41. The molecule has 1 aromatic carbocycles. The molecule has 16 heavy (non-hydrogen) atoms. The Morgan fingerprint density at radius 1 is 1.44 bits per heavy atom. The molecule has 3 nitrogen and oxygen atoms in total. The van der Waals surface area contributed by atoms with Gasteiger partial charge in [-0.1, -0.05) is 11.6 Å². The normalized spacial score (nSPS) is 11.5. The van der Waals surface area contributed by atoms with Gasteiger partial charge in [-0.25, -0.2) is 8.42 Å². The van der Waals surface area contributed by atoms with Gasteiger partial charge in [0.1, 0.15) is 0 Å². The molecule has 0 amide bonds. The lowest BCUT2D eigenvalue weighted by molar-refractivity contribution is 0.602. The molecule has 0 bridgehead atoms. The third-order valence-corrected chi connectivity index (χ3v) is 4.61. The summed E-state index contributed by atoms with van der Waals surface area (Å²) in [6.45, 7) is 1.84. The molecule has 0 aliphatic carbocycles. The van der Waals surface area contributed by atoms with Crippen LogP contribution in [-0.4, -0.2) is 20.1 Å². The predicted octanol–water partition coefficient (Wildman–Crippen LogP) is 3.39. The van der Waals surface area contributed by atoms with Gasteiger partial charge in [0.05, 0.1) is 11.4 Å². The minimum Gasteiger partial charge on any atom is -0.282 e. The third kappa shape index (κ3) is 3.80. The molecule has 1 rings (SSSR count).